The summed E-state index contributed by atoms with van der Waals surface area (Å²) in [6.45, 7) is 1.96. The number of anilines is 1. The third-order valence-electron chi connectivity index (χ3n) is 6.70. The highest BCUT2D eigenvalue weighted by Crippen LogP contribution is 2.38. The van der Waals surface area contributed by atoms with Crippen LogP contribution in [0.1, 0.15) is 16.7 Å². The molecule has 0 fully saturated rings. The normalized spacial score (nSPS) is 14.7. The fourth-order valence-corrected chi connectivity index (χ4v) is 6.20. The van der Waals surface area contributed by atoms with E-state index < -0.39 is 11.4 Å². The van der Waals surface area contributed by atoms with Crippen LogP contribution in [-0.4, -0.2) is 20.5 Å². The summed E-state index contributed by atoms with van der Waals surface area (Å²) in [5.74, 6) is 0.0269. The van der Waals surface area contributed by atoms with Crippen LogP contribution in [0.2, 0.25) is 0 Å². The van der Waals surface area contributed by atoms with E-state index >= 15 is 0 Å². The zero-order valence-electron chi connectivity index (χ0n) is 19.7. The molecular formula is C28H16BrFN4O3S. The quantitative estimate of drug-likeness (QED) is 0.283. The number of carbonyl (C=O) groups is 1. The van der Waals surface area contributed by atoms with Gasteiger partial charge in [0.1, 0.15) is 15.9 Å². The minimum atomic E-state index is -0.445. The zero-order chi connectivity index (χ0) is 26.1. The van der Waals surface area contributed by atoms with Gasteiger partial charge in [-0.3, -0.25) is 9.59 Å². The highest BCUT2D eigenvalue weighted by molar-refractivity contribution is 9.10. The first kappa shape index (κ1) is 23.0. The summed E-state index contributed by atoms with van der Waals surface area (Å²) >= 11 is 4.56. The smallest absolute Gasteiger partial charge is 0.291 e. The molecule has 0 atom stereocenters. The van der Waals surface area contributed by atoms with Crippen molar-refractivity contribution in [1.29, 1.82) is 0 Å². The SMILES string of the molecule is Cc1c(-c2nc3sc(=C4C(=O)N(Cc5ccccc5F)c5ccc(Br)cc54)c(=O)n3n2)oc2ccccc12. The summed E-state index contributed by atoms with van der Waals surface area (Å²) in [5, 5.41) is 5.39. The Morgan fingerprint density at radius 3 is 2.63 bits per heavy atom. The lowest BCUT2D eigenvalue weighted by atomic mass is 10.1. The van der Waals surface area contributed by atoms with E-state index in [-0.39, 0.29) is 22.6 Å². The number of thiazole rings is 1. The predicted octanol–water partition coefficient (Wildman–Crippen LogP) is 5.24. The molecule has 1 aliphatic rings. The van der Waals surface area contributed by atoms with Gasteiger partial charge in [0.05, 0.1) is 17.8 Å². The van der Waals surface area contributed by atoms with Crippen molar-refractivity contribution in [3.63, 3.8) is 0 Å². The number of rotatable bonds is 3. The van der Waals surface area contributed by atoms with E-state index in [0.29, 0.717) is 38.9 Å². The number of aromatic nitrogens is 3. The maximum Gasteiger partial charge on any atom is 0.291 e. The second-order valence-electron chi connectivity index (χ2n) is 8.94. The minimum Gasteiger partial charge on any atom is -0.452 e. The van der Waals surface area contributed by atoms with Gasteiger partial charge in [-0.05, 0) is 37.3 Å². The lowest BCUT2D eigenvalue weighted by molar-refractivity contribution is -0.113. The Morgan fingerprint density at radius 2 is 1.84 bits per heavy atom. The average Bonchev–Trinajstić information content (AvgIpc) is 3.62. The number of hydrogen-bond donors (Lipinski definition) is 0. The van der Waals surface area contributed by atoms with Crippen molar-refractivity contribution in [2.24, 2.45) is 0 Å². The molecular weight excluding hydrogens is 571 g/mol. The van der Waals surface area contributed by atoms with E-state index in [2.05, 4.69) is 26.0 Å². The van der Waals surface area contributed by atoms with Crippen LogP contribution < -0.4 is 15.0 Å². The maximum absolute atomic E-state index is 14.4. The van der Waals surface area contributed by atoms with Gasteiger partial charge in [-0.1, -0.05) is 63.7 Å². The third-order valence-corrected chi connectivity index (χ3v) is 8.22. The Bertz CT molecular complexity index is 2060. The number of nitrogens with zero attached hydrogens (tertiary/aromatic N) is 4. The molecule has 7 nitrogen and oxygen atoms in total. The highest BCUT2D eigenvalue weighted by Gasteiger charge is 2.35. The first-order chi connectivity index (χ1) is 18.4. The molecule has 0 saturated carbocycles. The van der Waals surface area contributed by atoms with Crippen LogP contribution in [0.4, 0.5) is 10.1 Å². The Labute approximate surface area is 226 Å². The summed E-state index contributed by atoms with van der Waals surface area (Å²) in [7, 11) is 0. The molecule has 0 N–H and O–H groups in total. The largest absolute Gasteiger partial charge is 0.452 e. The Kier molecular flexibility index (Phi) is 5.11. The van der Waals surface area contributed by atoms with Crippen molar-refractivity contribution in [3.8, 4) is 11.6 Å². The molecule has 0 aliphatic carbocycles. The molecule has 38 heavy (non-hydrogen) atoms. The summed E-state index contributed by atoms with van der Waals surface area (Å²) in [4.78, 5) is 33.7. The molecule has 6 aromatic rings. The molecule has 3 aromatic carbocycles. The number of fused-ring (bicyclic) bond motifs is 3. The summed E-state index contributed by atoms with van der Waals surface area (Å²) < 4.78 is 22.6. The standard InChI is InChI=1S/C28H16BrFN4O3S/c1-14-17-7-3-5-9-21(17)37-23(14)25-31-28-34(32-25)27(36)24(38-28)22-18-12-16(29)10-11-20(18)33(26(22)35)13-15-6-2-4-8-19(15)30/h2-12H,13H2,1H3. The molecule has 4 heterocycles. The van der Waals surface area contributed by atoms with Gasteiger partial charge in [0.15, 0.2) is 5.76 Å². The van der Waals surface area contributed by atoms with Crippen molar-refractivity contribution >= 4 is 60.4 Å². The van der Waals surface area contributed by atoms with E-state index in [1.807, 2.05) is 37.3 Å². The molecule has 0 saturated heterocycles. The van der Waals surface area contributed by atoms with Gasteiger partial charge in [0.2, 0.25) is 10.8 Å². The van der Waals surface area contributed by atoms with Gasteiger partial charge in [-0.2, -0.15) is 9.50 Å². The molecule has 0 radical (unpaired) electrons. The first-order valence-electron chi connectivity index (χ1n) is 11.7. The van der Waals surface area contributed by atoms with Crippen molar-refractivity contribution in [1.82, 2.24) is 14.6 Å². The third kappa shape index (κ3) is 3.37. The Morgan fingerprint density at radius 1 is 1.05 bits per heavy atom. The second kappa shape index (κ2) is 8.44. The number of aryl methyl sites for hydroxylation is 1. The molecule has 0 spiro atoms. The lowest BCUT2D eigenvalue weighted by Crippen LogP contribution is -2.32. The molecule has 186 valence electrons. The minimum absolute atomic E-state index is 0.0358. The van der Waals surface area contributed by atoms with Gasteiger partial charge < -0.3 is 9.32 Å². The summed E-state index contributed by atoms with van der Waals surface area (Å²) in [5.41, 5.74) is 2.98. The summed E-state index contributed by atoms with van der Waals surface area (Å²) in [6, 6.07) is 19.4. The van der Waals surface area contributed by atoms with Crippen molar-refractivity contribution in [2.75, 3.05) is 4.90 Å². The predicted molar refractivity (Wildman–Crippen MR) is 147 cm³/mol. The van der Waals surface area contributed by atoms with Crippen LogP contribution in [0.5, 0.6) is 0 Å². The van der Waals surface area contributed by atoms with Crippen molar-refractivity contribution in [2.45, 2.75) is 13.5 Å². The van der Waals surface area contributed by atoms with E-state index in [9.17, 15) is 14.0 Å². The van der Waals surface area contributed by atoms with Crippen molar-refractivity contribution in [3.05, 3.63) is 109 Å². The van der Waals surface area contributed by atoms with E-state index in [0.717, 1.165) is 26.8 Å². The van der Waals surface area contributed by atoms with Gasteiger partial charge in [0, 0.05) is 26.5 Å². The summed E-state index contributed by atoms with van der Waals surface area (Å²) in [6.07, 6.45) is 0. The van der Waals surface area contributed by atoms with Gasteiger partial charge in [-0.25, -0.2) is 4.39 Å². The second-order valence-corrected chi connectivity index (χ2v) is 10.8. The van der Waals surface area contributed by atoms with Crippen LogP contribution in [-0.2, 0) is 11.3 Å². The van der Waals surface area contributed by atoms with Crippen LogP contribution >= 0.6 is 27.3 Å². The van der Waals surface area contributed by atoms with Crippen LogP contribution in [0.3, 0.4) is 0 Å². The lowest BCUT2D eigenvalue weighted by Gasteiger charge is -2.17. The number of halogens is 2. The molecule has 7 rings (SSSR count). The number of furan rings is 1. The fourth-order valence-electron chi connectivity index (χ4n) is 4.85. The van der Waals surface area contributed by atoms with Gasteiger partial charge >= 0.3 is 0 Å². The van der Waals surface area contributed by atoms with E-state index in [4.69, 9.17) is 4.42 Å². The van der Waals surface area contributed by atoms with Gasteiger partial charge in [-0.15, -0.1) is 5.10 Å². The van der Waals surface area contributed by atoms with Gasteiger partial charge in [0.25, 0.3) is 11.5 Å². The number of benzene rings is 3. The molecule has 1 amide bonds. The molecule has 10 heteroatoms. The van der Waals surface area contributed by atoms with Crippen LogP contribution in [0.15, 0.2) is 80.4 Å². The molecule has 0 bridgehead atoms. The number of carbonyl (C=O) groups excluding carboxylic acids is 1. The van der Waals surface area contributed by atoms with Crippen molar-refractivity contribution < 1.29 is 13.6 Å². The van der Waals surface area contributed by atoms with Crippen LogP contribution in [0, 0.1) is 12.7 Å². The number of amides is 1. The first-order valence-corrected chi connectivity index (χ1v) is 13.3. The Hall–Kier alpha value is -4.15. The topological polar surface area (TPSA) is 80.7 Å². The average molecular weight is 587 g/mol. The van der Waals surface area contributed by atoms with E-state index in [1.165, 1.54) is 15.5 Å². The van der Waals surface area contributed by atoms with E-state index in [1.54, 1.807) is 30.3 Å². The molecule has 1 aliphatic heterocycles. The monoisotopic (exact) mass is 586 g/mol. The molecule has 0 unspecified atom stereocenters. The fraction of sp³-hybridized carbons (Fsp3) is 0.0714. The zero-order valence-corrected chi connectivity index (χ0v) is 22.1. The van der Waals surface area contributed by atoms with Crippen LogP contribution in [0.25, 0.3) is 33.1 Å². The maximum atomic E-state index is 14.4. The Balaban J connectivity index is 1.39. The number of hydrogen-bond acceptors (Lipinski definition) is 6. The molecule has 3 aromatic heterocycles. The number of para-hydroxylation sites is 1. The highest BCUT2D eigenvalue weighted by atomic mass is 79.9.